The lowest BCUT2D eigenvalue weighted by Gasteiger charge is -2.02. The second kappa shape index (κ2) is 5.77. The maximum Gasteiger partial charge on any atom is 0.338 e. The lowest BCUT2D eigenvalue weighted by atomic mass is 10.1. The van der Waals surface area contributed by atoms with Crippen LogP contribution in [-0.2, 0) is 16.0 Å². The van der Waals surface area contributed by atoms with Crippen LogP contribution in [0.3, 0.4) is 0 Å². The number of cyclic esters (lactones) is 1. The molecule has 0 fully saturated rings. The number of nitro benzene ring substituents is 1. The summed E-state index contributed by atoms with van der Waals surface area (Å²) in [4.78, 5) is 26.3. The van der Waals surface area contributed by atoms with Gasteiger partial charge in [-0.2, -0.15) is 0 Å². The fourth-order valence-electron chi connectivity index (χ4n) is 2.21. The third kappa shape index (κ3) is 2.85. The van der Waals surface area contributed by atoms with E-state index in [1.807, 2.05) is 30.3 Å². The summed E-state index contributed by atoms with van der Waals surface area (Å²) in [5.74, 6) is -0.196. The average molecular weight is 296 g/mol. The molecule has 22 heavy (non-hydrogen) atoms. The lowest BCUT2D eigenvalue weighted by molar-refractivity contribution is -0.384. The second-order valence-corrected chi connectivity index (χ2v) is 4.86. The average Bonchev–Trinajstić information content (AvgIpc) is 2.89. The van der Waals surface area contributed by atoms with Gasteiger partial charge in [-0.1, -0.05) is 30.3 Å². The highest BCUT2D eigenvalue weighted by Gasteiger charge is 2.30. The Bertz CT molecular complexity index is 739. The zero-order valence-corrected chi connectivity index (χ0v) is 11.5. The number of nitrogens with zero attached hydrogens (tertiary/aromatic N) is 2. The molecule has 1 heterocycles. The van der Waals surface area contributed by atoms with Gasteiger partial charge in [0.1, 0.15) is 0 Å². The number of rotatable bonds is 4. The summed E-state index contributed by atoms with van der Waals surface area (Å²) in [6.07, 6.45) is 0.468. The number of carbonyl (C=O) groups excluding carboxylic acids is 1. The molecule has 0 aromatic heterocycles. The Labute approximate surface area is 126 Å². The predicted molar refractivity (Wildman–Crippen MR) is 79.7 cm³/mol. The van der Waals surface area contributed by atoms with Gasteiger partial charge in [0.15, 0.2) is 6.04 Å². The summed E-state index contributed by atoms with van der Waals surface area (Å²) < 4.78 is 5.17. The van der Waals surface area contributed by atoms with Crippen molar-refractivity contribution in [1.29, 1.82) is 0 Å². The Morgan fingerprint density at radius 2 is 1.77 bits per heavy atom. The minimum Gasteiger partial charge on any atom is -0.406 e. The molecule has 2 aromatic carbocycles. The summed E-state index contributed by atoms with van der Waals surface area (Å²) >= 11 is 0. The number of hydrogen-bond donors (Lipinski definition) is 0. The largest absolute Gasteiger partial charge is 0.406 e. The highest BCUT2D eigenvalue weighted by atomic mass is 16.6. The minimum atomic E-state index is -0.576. The van der Waals surface area contributed by atoms with E-state index in [2.05, 4.69) is 4.99 Å². The number of esters is 1. The van der Waals surface area contributed by atoms with Crippen molar-refractivity contribution in [3.8, 4) is 0 Å². The van der Waals surface area contributed by atoms with Crippen LogP contribution >= 0.6 is 0 Å². The Hall–Kier alpha value is -3.02. The van der Waals surface area contributed by atoms with Gasteiger partial charge in [-0.05, 0) is 17.7 Å². The number of benzene rings is 2. The molecule has 1 unspecified atom stereocenters. The van der Waals surface area contributed by atoms with Crippen LogP contribution in [0.1, 0.15) is 11.1 Å². The van der Waals surface area contributed by atoms with Crippen LogP contribution in [0.25, 0.3) is 0 Å². The third-order valence-corrected chi connectivity index (χ3v) is 3.34. The van der Waals surface area contributed by atoms with Crippen molar-refractivity contribution in [2.24, 2.45) is 4.99 Å². The molecule has 1 aliphatic heterocycles. The van der Waals surface area contributed by atoms with Gasteiger partial charge in [0, 0.05) is 24.1 Å². The summed E-state index contributed by atoms with van der Waals surface area (Å²) in [5.41, 5.74) is 1.53. The summed E-state index contributed by atoms with van der Waals surface area (Å²) in [7, 11) is 0. The van der Waals surface area contributed by atoms with Crippen LogP contribution in [0.2, 0.25) is 0 Å². The molecule has 3 rings (SSSR count). The molecule has 2 aromatic rings. The number of hydrogen-bond acceptors (Lipinski definition) is 5. The molecular formula is C16H12N2O4. The van der Waals surface area contributed by atoms with Crippen molar-refractivity contribution in [2.75, 3.05) is 0 Å². The first-order valence-corrected chi connectivity index (χ1v) is 6.72. The zero-order chi connectivity index (χ0) is 15.5. The molecule has 0 amide bonds. The Balaban J connectivity index is 1.79. The minimum absolute atomic E-state index is 0.0190. The SMILES string of the molecule is O=C1OC(c2ccc([N+](=O)[O-])cc2)=NC1Cc1ccccc1. The molecule has 0 bridgehead atoms. The smallest absolute Gasteiger partial charge is 0.338 e. The van der Waals surface area contributed by atoms with E-state index < -0.39 is 16.9 Å². The molecule has 6 heteroatoms. The standard InChI is InChI=1S/C16H12N2O4/c19-16-14(10-11-4-2-1-3-5-11)17-15(22-16)12-6-8-13(9-7-12)18(20)21/h1-9,14H,10H2. The van der Waals surface area contributed by atoms with Crippen LogP contribution in [0.4, 0.5) is 5.69 Å². The normalized spacial score (nSPS) is 17.0. The van der Waals surface area contributed by atoms with E-state index in [-0.39, 0.29) is 11.6 Å². The molecule has 0 spiro atoms. The van der Waals surface area contributed by atoms with E-state index in [1.54, 1.807) is 0 Å². The first-order valence-electron chi connectivity index (χ1n) is 6.72. The van der Waals surface area contributed by atoms with Crippen LogP contribution in [0, 0.1) is 10.1 Å². The van der Waals surface area contributed by atoms with Crippen molar-refractivity contribution >= 4 is 17.6 Å². The van der Waals surface area contributed by atoms with E-state index >= 15 is 0 Å². The van der Waals surface area contributed by atoms with E-state index in [1.165, 1.54) is 24.3 Å². The molecule has 1 atom stereocenters. The molecule has 1 aliphatic rings. The van der Waals surface area contributed by atoms with Gasteiger partial charge < -0.3 is 4.74 Å². The Kier molecular flexibility index (Phi) is 3.65. The zero-order valence-electron chi connectivity index (χ0n) is 11.5. The van der Waals surface area contributed by atoms with Gasteiger partial charge in [-0.3, -0.25) is 10.1 Å². The monoisotopic (exact) mass is 296 g/mol. The number of ether oxygens (including phenoxy) is 1. The van der Waals surface area contributed by atoms with Crippen molar-refractivity contribution in [3.63, 3.8) is 0 Å². The molecule has 0 saturated heterocycles. The highest BCUT2D eigenvalue weighted by molar-refractivity contribution is 6.06. The summed E-state index contributed by atoms with van der Waals surface area (Å²) in [6, 6.07) is 14.7. The van der Waals surface area contributed by atoms with Gasteiger partial charge in [0.25, 0.3) is 5.69 Å². The number of carbonyl (C=O) groups is 1. The third-order valence-electron chi connectivity index (χ3n) is 3.34. The van der Waals surface area contributed by atoms with E-state index in [4.69, 9.17) is 4.74 Å². The van der Waals surface area contributed by atoms with Crippen LogP contribution in [0.15, 0.2) is 59.6 Å². The fourth-order valence-corrected chi connectivity index (χ4v) is 2.21. The first-order chi connectivity index (χ1) is 10.6. The van der Waals surface area contributed by atoms with Gasteiger partial charge in [-0.25, -0.2) is 9.79 Å². The maximum absolute atomic E-state index is 11.9. The van der Waals surface area contributed by atoms with Gasteiger partial charge >= 0.3 is 5.97 Å². The molecule has 0 saturated carbocycles. The summed E-state index contributed by atoms with van der Waals surface area (Å²) in [5, 5.41) is 10.6. The second-order valence-electron chi connectivity index (χ2n) is 4.86. The molecule has 6 nitrogen and oxygen atoms in total. The topological polar surface area (TPSA) is 81.8 Å². The fraction of sp³-hybridized carbons (Fsp3) is 0.125. The number of aliphatic imine (C=N–C) groups is 1. The van der Waals surface area contributed by atoms with E-state index in [0.29, 0.717) is 12.0 Å². The molecule has 0 aliphatic carbocycles. The van der Waals surface area contributed by atoms with Crippen LogP contribution in [0.5, 0.6) is 0 Å². The predicted octanol–water partition coefficient (Wildman–Crippen LogP) is 2.51. The Morgan fingerprint density at radius 1 is 1.09 bits per heavy atom. The quantitative estimate of drug-likeness (QED) is 0.493. The highest BCUT2D eigenvalue weighted by Crippen LogP contribution is 2.19. The van der Waals surface area contributed by atoms with E-state index in [9.17, 15) is 14.9 Å². The van der Waals surface area contributed by atoms with Crippen molar-refractivity contribution in [2.45, 2.75) is 12.5 Å². The Morgan fingerprint density at radius 3 is 2.41 bits per heavy atom. The van der Waals surface area contributed by atoms with Crippen LogP contribution < -0.4 is 0 Å². The van der Waals surface area contributed by atoms with Gasteiger partial charge in [0.2, 0.25) is 5.90 Å². The van der Waals surface area contributed by atoms with Crippen molar-refractivity contribution < 1.29 is 14.5 Å². The lowest BCUT2D eigenvalue weighted by Crippen LogP contribution is -2.17. The molecule has 0 radical (unpaired) electrons. The number of nitro groups is 1. The number of non-ortho nitro benzene ring substituents is 1. The maximum atomic E-state index is 11.9. The van der Waals surface area contributed by atoms with Crippen molar-refractivity contribution in [1.82, 2.24) is 0 Å². The van der Waals surface area contributed by atoms with E-state index in [0.717, 1.165) is 5.56 Å². The molecular weight excluding hydrogens is 284 g/mol. The van der Waals surface area contributed by atoms with Gasteiger partial charge in [-0.15, -0.1) is 0 Å². The summed E-state index contributed by atoms with van der Waals surface area (Å²) in [6.45, 7) is 0. The van der Waals surface area contributed by atoms with Crippen LogP contribution in [-0.4, -0.2) is 22.8 Å². The van der Waals surface area contributed by atoms with Gasteiger partial charge in [0.05, 0.1) is 4.92 Å². The molecule has 0 N–H and O–H groups in total. The van der Waals surface area contributed by atoms with Crippen molar-refractivity contribution in [3.05, 3.63) is 75.8 Å². The molecule has 110 valence electrons. The first kappa shape index (κ1) is 13.9.